The highest BCUT2D eigenvalue weighted by Crippen LogP contribution is 2.21. The van der Waals surface area contributed by atoms with Crippen molar-refractivity contribution < 1.29 is 48.1 Å². The molecule has 51 heavy (non-hydrogen) atoms. The van der Waals surface area contributed by atoms with Gasteiger partial charge in [0.05, 0.1) is 0 Å². The van der Waals surface area contributed by atoms with Crippen molar-refractivity contribution in [3.05, 3.63) is 40.2 Å². The molecule has 0 aliphatic rings. The van der Waals surface area contributed by atoms with Crippen molar-refractivity contribution >= 4 is 52.4 Å². The highest BCUT2D eigenvalue weighted by molar-refractivity contribution is 6.00. The second-order valence-corrected chi connectivity index (χ2v) is 12.8. The number of alkyl carbamates (subject to hydrolysis) is 1. The van der Waals surface area contributed by atoms with Gasteiger partial charge >= 0.3 is 17.7 Å². The van der Waals surface area contributed by atoms with Gasteiger partial charge in [-0.3, -0.25) is 24.0 Å². The fraction of sp³-hybridized carbons (Fsp3) is 0.559. The number of rotatable bonds is 18. The van der Waals surface area contributed by atoms with Crippen LogP contribution in [-0.2, 0) is 28.7 Å². The summed E-state index contributed by atoms with van der Waals surface area (Å²) in [7, 11) is 0. The van der Waals surface area contributed by atoms with Crippen LogP contribution >= 0.6 is 0 Å². The maximum absolute atomic E-state index is 13.6. The predicted octanol–water partition coefficient (Wildman–Crippen LogP) is 2.12. The number of carboxylic acid groups (broad SMARTS) is 2. The number of hydrogen-bond acceptors (Lipinski definition) is 11. The monoisotopic (exact) mass is 720 g/mol. The summed E-state index contributed by atoms with van der Waals surface area (Å²) in [6, 6.07) is 2.78. The molecule has 0 saturated heterocycles. The van der Waals surface area contributed by atoms with Gasteiger partial charge < -0.3 is 52.1 Å². The predicted molar refractivity (Wildman–Crippen MR) is 189 cm³/mol. The molecule has 0 radical (unpaired) electrons. The normalized spacial score (nSPS) is 12.7. The van der Waals surface area contributed by atoms with Gasteiger partial charge in [-0.05, 0) is 103 Å². The Labute approximate surface area is 296 Å². The van der Waals surface area contributed by atoms with E-state index < -0.39 is 71.5 Å². The van der Waals surface area contributed by atoms with E-state index in [4.69, 9.17) is 30.5 Å². The van der Waals surface area contributed by atoms with Crippen molar-refractivity contribution in [2.45, 2.75) is 110 Å². The number of carbonyl (C=O) groups excluding carboxylic acids is 4. The van der Waals surface area contributed by atoms with Gasteiger partial charge in [-0.25, -0.2) is 9.59 Å². The molecule has 1 heterocycles. The summed E-state index contributed by atoms with van der Waals surface area (Å²) < 4.78 is 10.5. The molecule has 284 valence electrons. The number of carbonyl (C=O) groups is 6. The Morgan fingerprint density at radius 1 is 0.804 bits per heavy atom. The molecule has 0 aliphatic heterocycles. The quantitative estimate of drug-likeness (QED) is 0.0810. The molecule has 2 rings (SSSR count). The molecule has 3 atom stereocenters. The number of anilines is 1. The van der Waals surface area contributed by atoms with Crippen LogP contribution in [0.4, 0.5) is 10.5 Å². The van der Waals surface area contributed by atoms with Crippen molar-refractivity contribution in [3.63, 3.8) is 0 Å². The molecule has 0 saturated carbocycles. The summed E-state index contributed by atoms with van der Waals surface area (Å²) in [5.74, 6) is -4.00. The molecule has 17 heteroatoms. The Bertz CT molecular complexity index is 1550. The zero-order valence-electron chi connectivity index (χ0n) is 29.8. The zero-order chi connectivity index (χ0) is 38.7. The summed E-state index contributed by atoms with van der Waals surface area (Å²) in [6.07, 6.45) is 0.906. The van der Waals surface area contributed by atoms with E-state index in [9.17, 15) is 33.9 Å². The number of nitrogens with two attached hydrogens (primary N) is 2. The Morgan fingerprint density at radius 2 is 1.31 bits per heavy atom. The fourth-order valence-corrected chi connectivity index (χ4v) is 4.69. The summed E-state index contributed by atoms with van der Waals surface area (Å²) >= 11 is 0. The van der Waals surface area contributed by atoms with E-state index in [-0.39, 0.29) is 24.8 Å². The molecule has 2 aromatic rings. The molecule has 0 fully saturated rings. The number of benzene rings is 1. The summed E-state index contributed by atoms with van der Waals surface area (Å²) in [6.45, 7) is 8.48. The van der Waals surface area contributed by atoms with Gasteiger partial charge in [0.1, 0.15) is 29.3 Å². The second-order valence-electron chi connectivity index (χ2n) is 12.8. The lowest BCUT2D eigenvalue weighted by atomic mass is 10.0. The molecule has 1 aromatic heterocycles. The van der Waals surface area contributed by atoms with Crippen LogP contribution in [0.3, 0.4) is 0 Å². The van der Waals surface area contributed by atoms with Gasteiger partial charge in [-0.15, -0.1) is 0 Å². The molecule has 0 spiro atoms. The van der Waals surface area contributed by atoms with Gasteiger partial charge in [-0.1, -0.05) is 0 Å². The number of unbranched alkanes of at least 4 members (excludes halogenated alkanes) is 2. The van der Waals surface area contributed by atoms with Crippen LogP contribution in [0.2, 0.25) is 0 Å². The topological polar surface area (TPSA) is 282 Å². The SMILES string of the molecule is CC(=O)O.Cc1cc(=O)oc2cc(NC(=O)[C@H](CCCCN)NC(=O)[C@H](CCCCN)NC(=O)[C@H](CCC(=O)O)NC(=O)OC(C)(C)C)ccc12. The first-order chi connectivity index (χ1) is 23.9. The first kappa shape index (κ1) is 44.0. The van der Waals surface area contributed by atoms with Crippen molar-refractivity contribution in [1.82, 2.24) is 16.0 Å². The number of fused-ring (bicyclic) bond motifs is 1. The molecule has 1 aromatic carbocycles. The first-order valence-corrected chi connectivity index (χ1v) is 16.6. The minimum absolute atomic E-state index is 0.160. The lowest BCUT2D eigenvalue weighted by molar-refractivity contribution is -0.138. The van der Waals surface area contributed by atoms with Gasteiger partial charge in [0.25, 0.3) is 5.97 Å². The summed E-state index contributed by atoms with van der Waals surface area (Å²) in [5, 5.41) is 27.8. The van der Waals surface area contributed by atoms with E-state index in [1.165, 1.54) is 12.1 Å². The van der Waals surface area contributed by atoms with Crippen molar-refractivity contribution in [2.24, 2.45) is 11.5 Å². The maximum Gasteiger partial charge on any atom is 0.408 e. The van der Waals surface area contributed by atoms with Crippen molar-refractivity contribution in [3.8, 4) is 0 Å². The van der Waals surface area contributed by atoms with Crippen LogP contribution in [0.25, 0.3) is 11.0 Å². The smallest absolute Gasteiger partial charge is 0.408 e. The number of aliphatic carboxylic acids is 2. The third-order valence-electron chi connectivity index (χ3n) is 7.03. The third kappa shape index (κ3) is 18.0. The number of aryl methyl sites for hydroxylation is 1. The van der Waals surface area contributed by atoms with Crippen LogP contribution in [0.15, 0.2) is 33.5 Å². The van der Waals surface area contributed by atoms with Crippen molar-refractivity contribution in [1.29, 1.82) is 0 Å². The van der Waals surface area contributed by atoms with E-state index in [0.29, 0.717) is 49.8 Å². The van der Waals surface area contributed by atoms with E-state index in [1.54, 1.807) is 39.8 Å². The molecule has 0 unspecified atom stereocenters. The molecule has 10 N–H and O–H groups in total. The highest BCUT2D eigenvalue weighted by atomic mass is 16.6. The van der Waals surface area contributed by atoms with E-state index >= 15 is 0 Å². The molecule has 17 nitrogen and oxygen atoms in total. The largest absolute Gasteiger partial charge is 0.481 e. The van der Waals surface area contributed by atoms with Gasteiger partial charge in [0.2, 0.25) is 17.7 Å². The molecule has 0 aliphatic carbocycles. The maximum atomic E-state index is 13.6. The van der Waals surface area contributed by atoms with Gasteiger partial charge in [0, 0.05) is 36.6 Å². The lowest BCUT2D eigenvalue weighted by Crippen LogP contribution is -2.56. The second kappa shape index (κ2) is 21.9. The van der Waals surface area contributed by atoms with Crippen LogP contribution in [0, 0.1) is 6.92 Å². The Morgan fingerprint density at radius 3 is 1.80 bits per heavy atom. The van der Waals surface area contributed by atoms with Crippen LogP contribution in [-0.4, -0.2) is 82.8 Å². The molecular weight excluding hydrogens is 668 g/mol. The average molecular weight is 721 g/mol. The molecule has 0 bridgehead atoms. The van der Waals surface area contributed by atoms with Crippen molar-refractivity contribution in [2.75, 3.05) is 18.4 Å². The Hall–Kier alpha value is -5.03. The average Bonchev–Trinajstić information content (AvgIpc) is 3.00. The molecule has 4 amide bonds. The minimum Gasteiger partial charge on any atom is -0.481 e. The fourth-order valence-electron chi connectivity index (χ4n) is 4.69. The van der Waals surface area contributed by atoms with Gasteiger partial charge in [-0.2, -0.15) is 0 Å². The lowest BCUT2D eigenvalue weighted by Gasteiger charge is -2.26. The number of amides is 4. The Balaban J connectivity index is 0.00000308. The zero-order valence-corrected chi connectivity index (χ0v) is 29.8. The number of hydrogen-bond donors (Lipinski definition) is 8. The van der Waals surface area contributed by atoms with E-state index in [1.807, 2.05) is 0 Å². The minimum atomic E-state index is -1.31. The van der Waals surface area contributed by atoms with Crippen LogP contribution in [0.1, 0.15) is 84.6 Å². The van der Waals surface area contributed by atoms with E-state index in [0.717, 1.165) is 12.5 Å². The number of ether oxygens (including phenoxy) is 1. The highest BCUT2D eigenvalue weighted by Gasteiger charge is 2.31. The summed E-state index contributed by atoms with van der Waals surface area (Å²) in [5.41, 5.74) is 11.2. The van der Waals surface area contributed by atoms with Crippen LogP contribution in [0.5, 0.6) is 0 Å². The first-order valence-electron chi connectivity index (χ1n) is 16.6. The summed E-state index contributed by atoms with van der Waals surface area (Å²) in [4.78, 5) is 84.9. The number of nitrogens with one attached hydrogen (secondary N) is 4. The Kier molecular flexibility index (Phi) is 18.9. The third-order valence-corrected chi connectivity index (χ3v) is 7.03. The van der Waals surface area contributed by atoms with Crippen LogP contribution < -0.4 is 38.4 Å². The number of carboxylic acids is 2. The van der Waals surface area contributed by atoms with E-state index in [2.05, 4.69) is 21.3 Å². The van der Waals surface area contributed by atoms with Gasteiger partial charge in [0.15, 0.2) is 0 Å². The standard InChI is InChI=1S/C32H48N6O9.C2H4O2/c1-19-17-27(41)46-25-18-20(11-12-21(19)25)35-28(42)22(9-5-7-15-33)36-29(43)23(10-6-8-16-34)37-30(44)24(13-14-26(39)40)38-31(45)47-32(2,3)4;1-2(3)4/h11-12,17-18,22-24H,5-10,13-16,33-34H2,1-4H3,(H,35,42)(H,36,43)(H,37,44)(H,38,45)(H,39,40);1H3,(H,3,4)/t22-,23-,24-;/m0./s1. The molecular formula is C34H52N6O11.